The number of likely N-dealkylation sites (tertiary alicyclic amines) is 1. The van der Waals surface area contributed by atoms with Crippen molar-refractivity contribution in [3.63, 3.8) is 0 Å². The van der Waals surface area contributed by atoms with Gasteiger partial charge in [0.05, 0.1) is 5.41 Å². The Hall–Kier alpha value is -1.10. The molecule has 2 rings (SSSR count). The highest BCUT2D eigenvalue weighted by Crippen LogP contribution is 2.41. The van der Waals surface area contributed by atoms with E-state index in [1.165, 1.54) is 0 Å². The molecule has 1 saturated carbocycles. The van der Waals surface area contributed by atoms with Crippen molar-refractivity contribution in [2.24, 2.45) is 11.3 Å². The molecule has 0 aromatic heterocycles. The molecule has 5 nitrogen and oxygen atoms in total. The number of aliphatic carboxylic acids is 1. The summed E-state index contributed by atoms with van der Waals surface area (Å²) in [7, 11) is 2.08. The maximum atomic E-state index is 12.0. The third-order valence-electron chi connectivity index (χ3n) is 4.59. The summed E-state index contributed by atoms with van der Waals surface area (Å²) in [6.07, 6.45) is 4.38. The Bertz CT molecular complexity index is 351. The van der Waals surface area contributed by atoms with Gasteiger partial charge in [0.15, 0.2) is 0 Å². The predicted octanol–water partition coefficient (Wildman–Crippen LogP) is 1.09. The lowest BCUT2D eigenvalue weighted by Gasteiger charge is -2.23. The van der Waals surface area contributed by atoms with Crippen molar-refractivity contribution in [1.82, 2.24) is 10.2 Å². The van der Waals surface area contributed by atoms with Gasteiger partial charge in [0, 0.05) is 19.5 Å². The highest BCUT2D eigenvalue weighted by atomic mass is 16.4. The van der Waals surface area contributed by atoms with E-state index in [2.05, 4.69) is 17.3 Å². The van der Waals surface area contributed by atoms with Gasteiger partial charge in [0.1, 0.15) is 0 Å². The first kappa shape index (κ1) is 14.3. The molecule has 19 heavy (non-hydrogen) atoms. The van der Waals surface area contributed by atoms with Crippen molar-refractivity contribution in [2.75, 3.05) is 26.7 Å². The monoisotopic (exact) mass is 268 g/mol. The average molecular weight is 268 g/mol. The minimum Gasteiger partial charge on any atom is -0.481 e. The number of rotatable bonds is 5. The Kier molecular flexibility index (Phi) is 4.45. The lowest BCUT2D eigenvalue weighted by atomic mass is 9.82. The molecular weight excluding hydrogens is 244 g/mol. The summed E-state index contributed by atoms with van der Waals surface area (Å²) in [5, 5.41) is 12.3. The van der Waals surface area contributed by atoms with Crippen LogP contribution in [-0.2, 0) is 9.59 Å². The molecule has 0 aromatic rings. The highest BCUT2D eigenvalue weighted by Gasteiger charge is 2.42. The molecule has 0 spiro atoms. The molecule has 1 unspecified atom stereocenters. The number of carboxylic acids is 1. The molecule has 2 fully saturated rings. The number of amides is 1. The fourth-order valence-electron chi connectivity index (χ4n) is 3.34. The molecule has 0 radical (unpaired) electrons. The molecule has 1 heterocycles. The maximum Gasteiger partial charge on any atom is 0.310 e. The van der Waals surface area contributed by atoms with Gasteiger partial charge in [-0.3, -0.25) is 9.59 Å². The van der Waals surface area contributed by atoms with Gasteiger partial charge in [-0.2, -0.15) is 0 Å². The molecule has 1 amide bonds. The van der Waals surface area contributed by atoms with E-state index < -0.39 is 11.4 Å². The molecule has 0 aromatic carbocycles. The smallest absolute Gasteiger partial charge is 0.310 e. The van der Waals surface area contributed by atoms with Gasteiger partial charge in [-0.1, -0.05) is 12.8 Å². The van der Waals surface area contributed by atoms with Crippen LogP contribution in [0.4, 0.5) is 0 Å². The second-order valence-corrected chi connectivity index (χ2v) is 6.19. The van der Waals surface area contributed by atoms with Crippen molar-refractivity contribution in [3.05, 3.63) is 0 Å². The first-order chi connectivity index (χ1) is 9.02. The van der Waals surface area contributed by atoms with Crippen molar-refractivity contribution in [3.8, 4) is 0 Å². The third-order valence-corrected chi connectivity index (χ3v) is 4.59. The van der Waals surface area contributed by atoms with Crippen LogP contribution >= 0.6 is 0 Å². The summed E-state index contributed by atoms with van der Waals surface area (Å²) in [5.41, 5.74) is -0.795. The third kappa shape index (κ3) is 3.47. The van der Waals surface area contributed by atoms with Crippen LogP contribution in [0.3, 0.4) is 0 Å². The van der Waals surface area contributed by atoms with Crippen LogP contribution in [0, 0.1) is 11.3 Å². The molecule has 1 aliphatic heterocycles. The van der Waals surface area contributed by atoms with Gasteiger partial charge >= 0.3 is 5.97 Å². The molecule has 0 bridgehead atoms. The first-order valence-corrected chi connectivity index (χ1v) is 7.20. The summed E-state index contributed by atoms with van der Waals surface area (Å²) in [6.45, 7) is 2.78. The number of carboxylic acid groups (broad SMARTS) is 1. The van der Waals surface area contributed by atoms with Crippen molar-refractivity contribution >= 4 is 11.9 Å². The van der Waals surface area contributed by atoms with Crippen LogP contribution in [0.2, 0.25) is 0 Å². The number of nitrogens with one attached hydrogen (secondary N) is 1. The standard InChI is InChI=1S/C14H24N2O3/c1-16-7-4-11(10-16)9-15-12(17)8-14(13(18)19)5-2-3-6-14/h11H,2-10H2,1H3,(H,15,17)(H,18,19). The maximum absolute atomic E-state index is 12.0. The molecule has 1 saturated heterocycles. The van der Waals surface area contributed by atoms with Gasteiger partial charge in [-0.05, 0) is 38.8 Å². The van der Waals surface area contributed by atoms with E-state index in [9.17, 15) is 14.7 Å². The van der Waals surface area contributed by atoms with Crippen LogP contribution < -0.4 is 5.32 Å². The van der Waals surface area contributed by atoms with Crippen molar-refractivity contribution in [2.45, 2.75) is 38.5 Å². The molecule has 5 heteroatoms. The van der Waals surface area contributed by atoms with Crippen LogP contribution in [0.1, 0.15) is 38.5 Å². The van der Waals surface area contributed by atoms with Gasteiger partial charge in [-0.15, -0.1) is 0 Å². The zero-order valence-electron chi connectivity index (χ0n) is 11.7. The van der Waals surface area contributed by atoms with Gasteiger partial charge in [0.2, 0.25) is 5.91 Å². The Morgan fingerprint density at radius 1 is 1.37 bits per heavy atom. The molecule has 2 aliphatic rings. The predicted molar refractivity (Wildman–Crippen MR) is 71.8 cm³/mol. The van der Waals surface area contributed by atoms with Crippen LogP contribution in [0.5, 0.6) is 0 Å². The summed E-state index contributed by atoms with van der Waals surface area (Å²) < 4.78 is 0. The minimum atomic E-state index is -0.805. The topological polar surface area (TPSA) is 69.6 Å². The number of hydrogen-bond donors (Lipinski definition) is 2. The van der Waals surface area contributed by atoms with Gasteiger partial charge in [-0.25, -0.2) is 0 Å². The zero-order valence-corrected chi connectivity index (χ0v) is 11.7. The van der Waals surface area contributed by atoms with Gasteiger partial charge < -0.3 is 15.3 Å². The summed E-state index contributed by atoms with van der Waals surface area (Å²) in [5.74, 6) is -0.391. The Morgan fingerprint density at radius 3 is 2.58 bits per heavy atom. The van der Waals surface area contributed by atoms with E-state index >= 15 is 0 Å². The van der Waals surface area contributed by atoms with Crippen molar-refractivity contribution in [1.29, 1.82) is 0 Å². The van der Waals surface area contributed by atoms with E-state index in [1.54, 1.807) is 0 Å². The second-order valence-electron chi connectivity index (χ2n) is 6.19. The molecule has 108 valence electrons. The van der Waals surface area contributed by atoms with Crippen LogP contribution in [0.25, 0.3) is 0 Å². The Balaban J connectivity index is 1.78. The minimum absolute atomic E-state index is 0.0983. The number of nitrogens with zero attached hydrogens (tertiary/aromatic N) is 1. The Labute approximate surface area is 114 Å². The summed E-state index contributed by atoms with van der Waals surface area (Å²) in [6, 6.07) is 0. The fraction of sp³-hybridized carbons (Fsp3) is 0.857. The fourth-order valence-corrected chi connectivity index (χ4v) is 3.34. The van der Waals surface area contributed by atoms with E-state index in [0.29, 0.717) is 25.3 Å². The van der Waals surface area contributed by atoms with Crippen LogP contribution in [0.15, 0.2) is 0 Å². The highest BCUT2D eigenvalue weighted by molar-refractivity contribution is 5.85. The van der Waals surface area contributed by atoms with Gasteiger partial charge in [0.25, 0.3) is 0 Å². The lowest BCUT2D eigenvalue weighted by molar-refractivity contribution is -0.151. The quantitative estimate of drug-likeness (QED) is 0.783. The molecular formula is C14H24N2O3. The molecule has 2 N–H and O–H groups in total. The number of hydrogen-bond acceptors (Lipinski definition) is 3. The summed E-state index contributed by atoms with van der Waals surface area (Å²) in [4.78, 5) is 25.6. The Morgan fingerprint density at radius 2 is 2.05 bits per heavy atom. The normalized spacial score (nSPS) is 26.5. The van der Waals surface area contributed by atoms with E-state index in [4.69, 9.17) is 0 Å². The first-order valence-electron chi connectivity index (χ1n) is 7.20. The molecule has 1 atom stereocenters. The average Bonchev–Trinajstić information content (AvgIpc) is 2.97. The molecule has 1 aliphatic carbocycles. The SMILES string of the molecule is CN1CCC(CNC(=O)CC2(C(=O)O)CCCC2)C1. The lowest BCUT2D eigenvalue weighted by Crippen LogP contribution is -2.37. The van der Waals surface area contributed by atoms with Crippen LogP contribution in [-0.4, -0.2) is 48.6 Å². The zero-order chi connectivity index (χ0) is 13.9. The van der Waals surface area contributed by atoms with E-state index in [-0.39, 0.29) is 12.3 Å². The van der Waals surface area contributed by atoms with Crippen molar-refractivity contribution < 1.29 is 14.7 Å². The summed E-state index contributed by atoms with van der Waals surface area (Å²) >= 11 is 0. The van der Waals surface area contributed by atoms with E-state index in [1.807, 2.05) is 0 Å². The second kappa shape index (κ2) is 5.90. The number of carbonyl (C=O) groups excluding carboxylic acids is 1. The number of carbonyl (C=O) groups is 2. The van der Waals surface area contributed by atoms with E-state index in [0.717, 1.165) is 32.4 Å². The largest absolute Gasteiger partial charge is 0.481 e.